The van der Waals surface area contributed by atoms with Gasteiger partial charge in [0.15, 0.2) is 5.78 Å². The zero-order chi connectivity index (χ0) is 13.1. The third-order valence-corrected chi connectivity index (χ3v) is 4.87. The van der Waals surface area contributed by atoms with Gasteiger partial charge in [-0.15, -0.1) is 11.3 Å². The number of hydrogen-bond donors (Lipinski definition) is 0. The third-order valence-electron chi connectivity index (χ3n) is 3.60. The Balaban J connectivity index is 1.94. The fourth-order valence-electron chi connectivity index (χ4n) is 2.92. The number of Topliss-reactive ketones (excluding diaryl/α,β-unsaturated/α-hetero) is 1. The number of carbonyl (C=O) groups excluding carboxylic acids is 1. The van der Waals surface area contributed by atoms with E-state index in [2.05, 4.69) is 31.7 Å². The van der Waals surface area contributed by atoms with E-state index < -0.39 is 0 Å². The van der Waals surface area contributed by atoms with Crippen molar-refractivity contribution in [1.29, 1.82) is 0 Å². The summed E-state index contributed by atoms with van der Waals surface area (Å²) in [5.74, 6) is 1.73. The minimum absolute atomic E-state index is 0.293. The first-order chi connectivity index (χ1) is 8.58. The molecule has 0 saturated carbocycles. The fourth-order valence-corrected chi connectivity index (χ4v) is 3.80. The van der Waals surface area contributed by atoms with E-state index in [-0.39, 0.29) is 0 Å². The average molecular weight is 265 g/mol. The molecule has 2 unspecified atom stereocenters. The highest BCUT2D eigenvalue weighted by Crippen LogP contribution is 2.22. The molecule has 100 valence electrons. The molecule has 0 aromatic carbocycles. The van der Waals surface area contributed by atoms with Crippen LogP contribution in [0.15, 0.2) is 12.1 Å². The van der Waals surface area contributed by atoms with Crippen LogP contribution in [0.2, 0.25) is 0 Å². The van der Waals surface area contributed by atoms with Gasteiger partial charge in [-0.1, -0.05) is 20.8 Å². The predicted molar refractivity (Wildman–Crippen MR) is 77.4 cm³/mol. The molecule has 2 nitrogen and oxygen atoms in total. The summed E-state index contributed by atoms with van der Waals surface area (Å²) < 4.78 is 0. The molecule has 1 aromatic heterocycles. The van der Waals surface area contributed by atoms with Gasteiger partial charge in [0.2, 0.25) is 0 Å². The lowest BCUT2D eigenvalue weighted by molar-refractivity contribution is 0.0853. The zero-order valence-electron chi connectivity index (χ0n) is 11.6. The first-order valence-electron chi connectivity index (χ1n) is 6.92. The Kier molecular flexibility index (Phi) is 4.57. The van der Waals surface area contributed by atoms with Gasteiger partial charge in [0, 0.05) is 18.0 Å². The molecule has 0 aliphatic carbocycles. The monoisotopic (exact) mass is 265 g/mol. The molecule has 2 heterocycles. The van der Waals surface area contributed by atoms with Crippen molar-refractivity contribution in [3.05, 3.63) is 21.9 Å². The summed E-state index contributed by atoms with van der Waals surface area (Å²) in [4.78, 5) is 16.8. The Bertz CT molecular complexity index is 402. The molecule has 1 saturated heterocycles. The Morgan fingerprint density at radius 2 is 2.00 bits per heavy atom. The highest BCUT2D eigenvalue weighted by atomic mass is 32.1. The van der Waals surface area contributed by atoms with Crippen molar-refractivity contribution < 1.29 is 4.79 Å². The van der Waals surface area contributed by atoms with Gasteiger partial charge in [-0.05, 0) is 36.8 Å². The lowest BCUT2D eigenvalue weighted by atomic mass is 9.92. The Hall–Kier alpha value is -0.670. The maximum atomic E-state index is 12.2. The molecule has 18 heavy (non-hydrogen) atoms. The van der Waals surface area contributed by atoms with Crippen molar-refractivity contribution in [2.45, 2.75) is 33.6 Å². The van der Waals surface area contributed by atoms with Crippen LogP contribution in [0.4, 0.5) is 0 Å². The van der Waals surface area contributed by atoms with Crippen LogP contribution >= 0.6 is 11.3 Å². The molecule has 1 fully saturated rings. The van der Waals surface area contributed by atoms with Crippen LogP contribution in [-0.2, 0) is 6.42 Å². The van der Waals surface area contributed by atoms with Crippen LogP contribution in [0.5, 0.6) is 0 Å². The molecule has 2 atom stereocenters. The van der Waals surface area contributed by atoms with E-state index in [1.54, 1.807) is 11.3 Å². The standard InChI is InChI=1S/C15H23NOS/c1-4-13-5-6-15(18-13)14(17)10-16-8-11(2)7-12(3)9-16/h5-6,11-12H,4,7-10H2,1-3H3. The zero-order valence-corrected chi connectivity index (χ0v) is 12.4. The third kappa shape index (κ3) is 3.42. The summed E-state index contributed by atoms with van der Waals surface area (Å²) in [6, 6.07) is 4.07. The molecule has 2 rings (SSSR count). The van der Waals surface area contributed by atoms with Gasteiger partial charge in [0.05, 0.1) is 11.4 Å². The lowest BCUT2D eigenvalue weighted by Gasteiger charge is -2.34. The molecule has 0 radical (unpaired) electrons. The number of piperidine rings is 1. The minimum atomic E-state index is 0.293. The van der Waals surface area contributed by atoms with Gasteiger partial charge in [-0.25, -0.2) is 0 Å². The summed E-state index contributed by atoms with van der Waals surface area (Å²) >= 11 is 1.65. The first kappa shape index (κ1) is 13.8. The summed E-state index contributed by atoms with van der Waals surface area (Å²) in [5.41, 5.74) is 0. The molecule has 0 bridgehead atoms. The van der Waals surface area contributed by atoms with E-state index in [0.29, 0.717) is 12.3 Å². The molecule has 1 aromatic rings. The van der Waals surface area contributed by atoms with Gasteiger partial charge >= 0.3 is 0 Å². The molecular weight excluding hydrogens is 242 g/mol. The molecule has 0 amide bonds. The van der Waals surface area contributed by atoms with E-state index in [0.717, 1.165) is 36.2 Å². The quantitative estimate of drug-likeness (QED) is 0.777. The number of nitrogens with zero attached hydrogens (tertiary/aromatic N) is 1. The lowest BCUT2D eigenvalue weighted by Crippen LogP contribution is -2.41. The van der Waals surface area contributed by atoms with Crippen molar-refractivity contribution in [2.75, 3.05) is 19.6 Å². The van der Waals surface area contributed by atoms with E-state index in [1.807, 2.05) is 6.07 Å². The Labute approximate surface area is 114 Å². The van der Waals surface area contributed by atoms with Crippen LogP contribution in [-0.4, -0.2) is 30.3 Å². The van der Waals surface area contributed by atoms with E-state index in [9.17, 15) is 4.79 Å². The first-order valence-corrected chi connectivity index (χ1v) is 7.74. The second-order valence-electron chi connectivity index (χ2n) is 5.68. The molecule has 0 N–H and O–H groups in total. The number of rotatable bonds is 4. The second-order valence-corrected chi connectivity index (χ2v) is 6.85. The van der Waals surface area contributed by atoms with Gasteiger partial charge in [0.1, 0.15) is 0 Å². The predicted octanol–water partition coefficient (Wildman–Crippen LogP) is 3.47. The Morgan fingerprint density at radius 1 is 1.33 bits per heavy atom. The van der Waals surface area contributed by atoms with Crippen LogP contribution in [0, 0.1) is 11.8 Å². The molecule has 1 aliphatic rings. The van der Waals surface area contributed by atoms with Gasteiger partial charge in [0.25, 0.3) is 0 Å². The number of carbonyl (C=O) groups is 1. The number of thiophene rings is 1. The van der Waals surface area contributed by atoms with Crippen molar-refractivity contribution in [1.82, 2.24) is 4.90 Å². The number of hydrogen-bond acceptors (Lipinski definition) is 3. The van der Waals surface area contributed by atoms with Crippen LogP contribution < -0.4 is 0 Å². The van der Waals surface area contributed by atoms with Crippen molar-refractivity contribution >= 4 is 17.1 Å². The summed E-state index contributed by atoms with van der Waals surface area (Å²) in [5, 5.41) is 0. The van der Waals surface area contributed by atoms with Crippen LogP contribution in [0.25, 0.3) is 0 Å². The normalized spacial score (nSPS) is 25.3. The number of ketones is 1. The molecule has 0 spiro atoms. The van der Waals surface area contributed by atoms with E-state index in [4.69, 9.17) is 0 Å². The van der Waals surface area contributed by atoms with Crippen molar-refractivity contribution in [3.8, 4) is 0 Å². The second kappa shape index (κ2) is 5.98. The summed E-state index contributed by atoms with van der Waals surface area (Å²) in [6.07, 6.45) is 2.32. The summed E-state index contributed by atoms with van der Waals surface area (Å²) in [7, 11) is 0. The molecular formula is C15H23NOS. The molecule has 1 aliphatic heterocycles. The average Bonchev–Trinajstić information content (AvgIpc) is 2.75. The SMILES string of the molecule is CCc1ccc(C(=O)CN2CC(C)CC(C)C2)s1. The highest BCUT2D eigenvalue weighted by Gasteiger charge is 2.23. The fraction of sp³-hybridized carbons (Fsp3) is 0.667. The Morgan fingerprint density at radius 3 is 2.56 bits per heavy atom. The smallest absolute Gasteiger partial charge is 0.186 e. The van der Waals surface area contributed by atoms with E-state index >= 15 is 0 Å². The molecule has 3 heteroatoms. The number of likely N-dealkylation sites (tertiary alicyclic amines) is 1. The van der Waals surface area contributed by atoms with Crippen LogP contribution in [0.1, 0.15) is 41.7 Å². The highest BCUT2D eigenvalue weighted by molar-refractivity contribution is 7.14. The van der Waals surface area contributed by atoms with Gasteiger partial charge in [-0.3, -0.25) is 9.69 Å². The maximum absolute atomic E-state index is 12.2. The topological polar surface area (TPSA) is 20.3 Å². The van der Waals surface area contributed by atoms with Crippen LogP contribution in [0.3, 0.4) is 0 Å². The maximum Gasteiger partial charge on any atom is 0.186 e. The van der Waals surface area contributed by atoms with E-state index in [1.165, 1.54) is 11.3 Å². The minimum Gasteiger partial charge on any atom is -0.295 e. The van der Waals surface area contributed by atoms with Crippen molar-refractivity contribution in [2.24, 2.45) is 11.8 Å². The van der Waals surface area contributed by atoms with Crippen molar-refractivity contribution in [3.63, 3.8) is 0 Å². The largest absolute Gasteiger partial charge is 0.295 e. The van der Waals surface area contributed by atoms with Gasteiger partial charge in [-0.2, -0.15) is 0 Å². The van der Waals surface area contributed by atoms with Gasteiger partial charge < -0.3 is 0 Å². The number of aryl methyl sites for hydroxylation is 1. The summed E-state index contributed by atoms with van der Waals surface area (Å²) in [6.45, 7) is 9.44.